The van der Waals surface area contributed by atoms with Crippen molar-refractivity contribution < 1.29 is 18.7 Å². The molecule has 154 valence electrons. The van der Waals surface area contributed by atoms with Crippen LogP contribution in [0.4, 0.5) is 15.9 Å². The number of methoxy groups -OCH3 is 1. The lowest BCUT2D eigenvalue weighted by Gasteiger charge is -2.32. The van der Waals surface area contributed by atoms with Crippen LogP contribution in [0.2, 0.25) is 5.02 Å². The van der Waals surface area contributed by atoms with Gasteiger partial charge in [-0.25, -0.2) is 4.39 Å². The van der Waals surface area contributed by atoms with Crippen molar-refractivity contribution in [3.8, 4) is 0 Å². The minimum atomic E-state index is -0.613. The first-order valence-corrected chi connectivity index (χ1v) is 10.2. The lowest BCUT2D eigenvalue weighted by atomic mass is 9.90. The molecule has 0 unspecified atom stereocenters. The number of nitrogens with zero attached hydrogens (tertiary/aromatic N) is 2. The van der Waals surface area contributed by atoms with Crippen molar-refractivity contribution in [3.05, 3.63) is 79.5 Å². The van der Waals surface area contributed by atoms with Gasteiger partial charge < -0.3 is 4.74 Å². The first kappa shape index (κ1) is 20.3. The number of benzene rings is 2. The second-order valence-electron chi connectivity index (χ2n) is 6.73. The van der Waals surface area contributed by atoms with E-state index in [-0.39, 0.29) is 29.7 Å². The third-order valence-corrected chi connectivity index (χ3v) is 6.26. The monoisotopic (exact) mass is 446 g/mol. The van der Waals surface area contributed by atoms with Gasteiger partial charge in [-0.3, -0.25) is 23.9 Å². The van der Waals surface area contributed by atoms with Crippen molar-refractivity contribution in [3.63, 3.8) is 0 Å². The molecule has 6 nitrogen and oxygen atoms in total. The van der Waals surface area contributed by atoms with Crippen LogP contribution < -0.4 is 9.77 Å². The summed E-state index contributed by atoms with van der Waals surface area (Å²) < 4.78 is 19.4. The number of fused-ring (bicyclic) bond motifs is 1. The van der Waals surface area contributed by atoms with E-state index in [2.05, 4.69) is 0 Å². The zero-order valence-corrected chi connectivity index (χ0v) is 17.4. The molecule has 4 rings (SSSR count). The highest BCUT2D eigenvalue weighted by Crippen LogP contribution is 2.44. The molecular weight excluding hydrogens is 431 g/mol. The van der Waals surface area contributed by atoms with Gasteiger partial charge in [0.2, 0.25) is 5.91 Å². The first-order valence-electron chi connectivity index (χ1n) is 9.03. The Morgan fingerprint density at radius 2 is 1.83 bits per heavy atom. The third-order valence-electron chi connectivity index (χ3n) is 4.92. The lowest BCUT2D eigenvalue weighted by molar-refractivity contribution is -0.141. The molecule has 0 fully saturated rings. The van der Waals surface area contributed by atoms with Gasteiger partial charge in [0, 0.05) is 17.4 Å². The largest absolute Gasteiger partial charge is 0.468 e. The number of hydrogen-bond acceptors (Lipinski definition) is 5. The Bertz CT molecular complexity index is 1170. The van der Waals surface area contributed by atoms with Crippen LogP contribution in [0, 0.1) is 5.82 Å². The number of rotatable bonds is 4. The smallest absolute Gasteiger partial charge is 0.325 e. The molecule has 1 aliphatic heterocycles. The van der Waals surface area contributed by atoms with E-state index in [4.69, 9.17) is 16.3 Å². The second kappa shape index (κ2) is 8.04. The summed E-state index contributed by atoms with van der Waals surface area (Å²) in [6.45, 7) is -0.334. The number of amides is 1. The van der Waals surface area contributed by atoms with Gasteiger partial charge in [0.1, 0.15) is 18.2 Å². The predicted octanol–water partition coefficient (Wildman–Crippen LogP) is 4.08. The number of ether oxygens (including phenoxy) is 1. The normalized spacial score (nSPS) is 15.8. The quantitative estimate of drug-likeness (QED) is 0.566. The van der Waals surface area contributed by atoms with Gasteiger partial charge in [-0.05, 0) is 42.0 Å². The van der Waals surface area contributed by atoms with Gasteiger partial charge in [-0.1, -0.05) is 35.1 Å². The highest BCUT2D eigenvalue weighted by molar-refractivity contribution is 7.10. The van der Waals surface area contributed by atoms with Crippen LogP contribution in [-0.2, 0) is 20.9 Å². The van der Waals surface area contributed by atoms with E-state index < -0.39 is 11.8 Å². The Labute approximate surface area is 180 Å². The predicted molar refractivity (Wildman–Crippen MR) is 112 cm³/mol. The summed E-state index contributed by atoms with van der Waals surface area (Å²) in [7, 11) is 1.23. The van der Waals surface area contributed by atoms with Crippen LogP contribution in [0.3, 0.4) is 0 Å². The summed E-state index contributed by atoms with van der Waals surface area (Å²) in [5.74, 6) is -1.39. The topological polar surface area (TPSA) is 68.6 Å². The van der Waals surface area contributed by atoms with Crippen LogP contribution in [0.15, 0.2) is 53.3 Å². The maximum Gasteiger partial charge on any atom is 0.325 e. The minimum absolute atomic E-state index is 0.115. The number of esters is 1. The van der Waals surface area contributed by atoms with Crippen molar-refractivity contribution in [2.24, 2.45) is 0 Å². The van der Waals surface area contributed by atoms with Crippen molar-refractivity contribution in [1.82, 2.24) is 4.57 Å². The highest BCUT2D eigenvalue weighted by Gasteiger charge is 2.38. The standard InChI is InChI=1S/C21H16ClFN2O4S/c1-29-18(27)11-24-20-19(30-21(24)28)16(12-2-4-13(22)5-3-12)10-17(26)25(20)15-8-6-14(23)7-9-15/h2-9,16H,10-11H2,1H3/t16-/m0/s1. The fourth-order valence-electron chi connectivity index (χ4n) is 3.50. The van der Waals surface area contributed by atoms with Gasteiger partial charge in [0.25, 0.3) is 0 Å². The molecule has 1 aromatic heterocycles. The molecule has 2 heterocycles. The summed E-state index contributed by atoms with van der Waals surface area (Å²) in [5.41, 5.74) is 1.24. The van der Waals surface area contributed by atoms with E-state index in [1.54, 1.807) is 12.1 Å². The van der Waals surface area contributed by atoms with Crippen molar-refractivity contribution in [2.45, 2.75) is 18.9 Å². The summed E-state index contributed by atoms with van der Waals surface area (Å²) in [6.07, 6.45) is 0.115. The Balaban J connectivity index is 1.91. The summed E-state index contributed by atoms with van der Waals surface area (Å²) in [6, 6.07) is 12.5. The molecule has 1 atom stereocenters. The molecule has 0 N–H and O–H groups in total. The number of hydrogen-bond donors (Lipinski definition) is 0. The second-order valence-corrected chi connectivity index (χ2v) is 8.16. The fourth-order valence-corrected chi connectivity index (χ4v) is 4.73. The molecule has 0 spiro atoms. The summed E-state index contributed by atoms with van der Waals surface area (Å²) in [5, 5.41) is 0.561. The molecule has 1 aliphatic rings. The Morgan fingerprint density at radius 3 is 2.47 bits per heavy atom. The molecule has 0 saturated heterocycles. The van der Waals surface area contributed by atoms with Crippen LogP contribution in [0.1, 0.15) is 22.8 Å². The molecule has 3 aromatic rings. The van der Waals surface area contributed by atoms with Gasteiger partial charge in [-0.15, -0.1) is 0 Å². The highest BCUT2D eigenvalue weighted by atomic mass is 35.5. The molecule has 0 radical (unpaired) electrons. The molecule has 0 saturated carbocycles. The van der Waals surface area contributed by atoms with E-state index in [0.29, 0.717) is 21.4 Å². The number of anilines is 2. The zero-order valence-electron chi connectivity index (χ0n) is 15.8. The third kappa shape index (κ3) is 3.64. The molecule has 2 aromatic carbocycles. The van der Waals surface area contributed by atoms with Gasteiger partial charge in [0.05, 0.1) is 17.7 Å². The zero-order chi connectivity index (χ0) is 21.4. The van der Waals surface area contributed by atoms with Crippen LogP contribution in [-0.4, -0.2) is 23.6 Å². The average Bonchev–Trinajstić information content (AvgIpc) is 3.05. The van der Waals surface area contributed by atoms with Gasteiger partial charge >= 0.3 is 10.8 Å². The Hall–Kier alpha value is -2.97. The van der Waals surface area contributed by atoms with E-state index in [1.165, 1.54) is 40.8 Å². The van der Waals surface area contributed by atoms with Gasteiger partial charge in [0.15, 0.2) is 0 Å². The molecular formula is C21H16ClFN2O4S. The Kier molecular flexibility index (Phi) is 5.44. The van der Waals surface area contributed by atoms with Crippen molar-refractivity contribution >= 4 is 46.3 Å². The number of thiazole rings is 1. The number of carbonyl (C=O) groups excluding carboxylic acids is 2. The molecule has 0 aliphatic carbocycles. The number of aromatic nitrogens is 1. The number of carbonyl (C=O) groups is 2. The summed E-state index contributed by atoms with van der Waals surface area (Å²) >= 11 is 6.97. The van der Waals surface area contributed by atoms with E-state index in [9.17, 15) is 18.8 Å². The fraction of sp³-hybridized carbons (Fsp3) is 0.190. The maximum absolute atomic E-state index is 13.4. The average molecular weight is 447 g/mol. The van der Waals surface area contributed by atoms with Crippen molar-refractivity contribution in [1.29, 1.82) is 0 Å². The van der Waals surface area contributed by atoms with Crippen molar-refractivity contribution in [2.75, 3.05) is 12.0 Å². The van der Waals surface area contributed by atoms with Crippen LogP contribution in [0.5, 0.6) is 0 Å². The maximum atomic E-state index is 13.4. The van der Waals surface area contributed by atoms with Gasteiger partial charge in [-0.2, -0.15) is 0 Å². The SMILES string of the molecule is COC(=O)Cn1c2c(sc1=O)[C@H](c1ccc(Cl)cc1)CC(=O)N2c1ccc(F)cc1. The van der Waals surface area contributed by atoms with Crippen LogP contribution >= 0.6 is 22.9 Å². The lowest BCUT2D eigenvalue weighted by Crippen LogP contribution is -2.36. The molecule has 0 bridgehead atoms. The molecule has 9 heteroatoms. The van der Waals surface area contributed by atoms with E-state index >= 15 is 0 Å². The first-order chi connectivity index (χ1) is 14.4. The van der Waals surface area contributed by atoms with Crippen LogP contribution in [0.25, 0.3) is 0 Å². The molecule has 1 amide bonds. The number of halogens is 2. The summed E-state index contributed by atoms with van der Waals surface area (Å²) in [4.78, 5) is 39.5. The van der Waals surface area contributed by atoms with E-state index in [0.717, 1.165) is 16.9 Å². The Morgan fingerprint density at radius 1 is 1.17 bits per heavy atom. The minimum Gasteiger partial charge on any atom is -0.468 e. The van der Waals surface area contributed by atoms with E-state index in [1.807, 2.05) is 12.1 Å². The molecule has 30 heavy (non-hydrogen) atoms.